The van der Waals surface area contributed by atoms with Gasteiger partial charge >= 0.3 is 0 Å². The maximum Gasteiger partial charge on any atom is 0.225 e. The molecule has 1 aromatic heterocycles. The quantitative estimate of drug-likeness (QED) is 0.314. The number of carbonyl (C=O) groups excluding carboxylic acids is 1. The molecule has 37 heavy (non-hydrogen) atoms. The van der Waals surface area contributed by atoms with Crippen LogP contribution in [0.25, 0.3) is 22.0 Å². The van der Waals surface area contributed by atoms with Gasteiger partial charge in [-0.15, -0.1) is 0 Å². The molecule has 0 bridgehead atoms. The minimum absolute atomic E-state index is 0.0434. The number of nitrogens with one attached hydrogen (secondary N) is 3. The monoisotopic (exact) mass is 507 g/mol. The summed E-state index contributed by atoms with van der Waals surface area (Å²) in [5, 5.41) is 29.7. The Kier molecular flexibility index (Phi) is 7.53. The van der Waals surface area contributed by atoms with E-state index in [2.05, 4.69) is 20.9 Å². The molecule has 0 radical (unpaired) electrons. The molecule has 5 rings (SSSR count). The molecule has 0 saturated heterocycles. The first-order valence-electron chi connectivity index (χ1n) is 13.1. The van der Waals surface area contributed by atoms with Crippen molar-refractivity contribution >= 4 is 28.6 Å². The standard InChI is InChI=1S/C28H34FN5O3/c1-16(15-35)30-28-33-25-10-5-18(17-3-2-4-20(29)11-17)14-24(25)26(34-28)31-21-6-8-22(9-7-21)32-27(37)19-12-23(36)13-19/h2-5,10-11,14,16,19,21-23,35-36H,6-9,12-13,15H2,1H3,(H,32,37)(H2,30,31,33,34)/t16-,19?,21?,22?,23?/m1/s1. The van der Waals surface area contributed by atoms with Gasteiger partial charge in [0.2, 0.25) is 11.9 Å². The number of anilines is 2. The first-order chi connectivity index (χ1) is 17.9. The lowest BCUT2D eigenvalue weighted by Crippen LogP contribution is -2.46. The van der Waals surface area contributed by atoms with E-state index >= 15 is 0 Å². The number of nitrogens with zero attached hydrogens (tertiary/aromatic N) is 2. The third-order valence-electron chi connectivity index (χ3n) is 7.40. The molecule has 2 fully saturated rings. The Hall–Kier alpha value is -3.30. The molecule has 2 saturated carbocycles. The minimum Gasteiger partial charge on any atom is -0.394 e. The van der Waals surface area contributed by atoms with Gasteiger partial charge in [0.15, 0.2) is 0 Å². The average molecular weight is 508 g/mol. The molecule has 1 heterocycles. The third kappa shape index (κ3) is 5.99. The number of halogens is 1. The van der Waals surface area contributed by atoms with Crippen LogP contribution >= 0.6 is 0 Å². The van der Waals surface area contributed by atoms with Crippen molar-refractivity contribution in [1.29, 1.82) is 0 Å². The Morgan fingerprint density at radius 3 is 2.49 bits per heavy atom. The average Bonchev–Trinajstić information content (AvgIpc) is 2.87. The van der Waals surface area contributed by atoms with Gasteiger partial charge in [-0.05, 0) is 80.8 Å². The van der Waals surface area contributed by atoms with Crippen LogP contribution in [0.4, 0.5) is 16.2 Å². The van der Waals surface area contributed by atoms with Crippen molar-refractivity contribution in [2.45, 2.75) is 69.7 Å². The summed E-state index contributed by atoms with van der Waals surface area (Å²) in [6.45, 7) is 1.81. The highest BCUT2D eigenvalue weighted by atomic mass is 19.1. The molecule has 9 heteroatoms. The van der Waals surface area contributed by atoms with Gasteiger partial charge in [0.1, 0.15) is 11.6 Å². The van der Waals surface area contributed by atoms with Gasteiger partial charge in [0.05, 0.1) is 18.2 Å². The van der Waals surface area contributed by atoms with Gasteiger partial charge in [0, 0.05) is 29.4 Å². The second-order valence-electron chi connectivity index (χ2n) is 10.4. The Morgan fingerprint density at radius 2 is 1.78 bits per heavy atom. The van der Waals surface area contributed by atoms with Crippen LogP contribution in [0.2, 0.25) is 0 Å². The number of hydrogen-bond donors (Lipinski definition) is 5. The number of rotatable bonds is 8. The molecule has 0 unspecified atom stereocenters. The fraction of sp³-hybridized carbons (Fsp3) is 0.464. The Labute approximate surface area is 215 Å². The van der Waals surface area contributed by atoms with Gasteiger partial charge in [-0.1, -0.05) is 18.2 Å². The fourth-order valence-corrected chi connectivity index (χ4v) is 5.11. The molecule has 2 aliphatic rings. The molecule has 2 aliphatic carbocycles. The zero-order chi connectivity index (χ0) is 25.9. The number of fused-ring (bicyclic) bond motifs is 1. The number of aromatic nitrogens is 2. The topological polar surface area (TPSA) is 119 Å². The highest BCUT2D eigenvalue weighted by Gasteiger charge is 2.34. The predicted molar refractivity (Wildman–Crippen MR) is 142 cm³/mol. The number of hydrogen-bond acceptors (Lipinski definition) is 7. The van der Waals surface area contributed by atoms with E-state index in [1.807, 2.05) is 31.2 Å². The second kappa shape index (κ2) is 11.0. The van der Waals surface area contributed by atoms with Crippen LogP contribution in [0.1, 0.15) is 45.4 Å². The summed E-state index contributed by atoms with van der Waals surface area (Å²) in [4.78, 5) is 21.8. The first kappa shape index (κ1) is 25.4. The first-order valence-corrected chi connectivity index (χ1v) is 13.1. The maximum atomic E-state index is 13.9. The highest BCUT2D eigenvalue weighted by molar-refractivity contribution is 5.93. The van der Waals surface area contributed by atoms with Gasteiger partial charge in [-0.3, -0.25) is 4.79 Å². The molecule has 1 atom stereocenters. The molecule has 0 aliphatic heterocycles. The molecule has 1 amide bonds. The van der Waals surface area contributed by atoms with Gasteiger partial charge in [-0.2, -0.15) is 4.98 Å². The minimum atomic E-state index is -0.334. The molecule has 5 N–H and O–H groups in total. The van der Waals surface area contributed by atoms with Crippen molar-refractivity contribution < 1.29 is 19.4 Å². The van der Waals surface area contributed by atoms with Crippen LogP contribution in [-0.4, -0.2) is 56.9 Å². The lowest BCUT2D eigenvalue weighted by Gasteiger charge is -2.34. The molecule has 0 spiro atoms. The van der Waals surface area contributed by atoms with Gasteiger partial charge in [0.25, 0.3) is 0 Å². The molecule has 8 nitrogen and oxygen atoms in total. The lowest BCUT2D eigenvalue weighted by molar-refractivity contribution is -0.132. The summed E-state index contributed by atoms with van der Waals surface area (Å²) in [6, 6.07) is 12.4. The fourth-order valence-electron chi connectivity index (χ4n) is 5.11. The van der Waals surface area contributed by atoms with Crippen molar-refractivity contribution in [3.05, 3.63) is 48.3 Å². The molecular formula is C28H34FN5O3. The smallest absolute Gasteiger partial charge is 0.225 e. The van der Waals surface area contributed by atoms with Crippen molar-refractivity contribution in [3.8, 4) is 11.1 Å². The van der Waals surface area contributed by atoms with E-state index in [1.54, 1.807) is 6.07 Å². The number of carbonyl (C=O) groups is 1. The van der Waals surface area contributed by atoms with Crippen molar-refractivity contribution in [1.82, 2.24) is 15.3 Å². The van der Waals surface area contributed by atoms with Crippen molar-refractivity contribution in [2.24, 2.45) is 5.92 Å². The number of aliphatic hydroxyl groups excluding tert-OH is 2. The molecular weight excluding hydrogens is 473 g/mol. The van der Waals surface area contributed by atoms with Crippen LogP contribution < -0.4 is 16.0 Å². The summed E-state index contributed by atoms with van der Waals surface area (Å²) >= 11 is 0. The van der Waals surface area contributed by atoms with E-state index in [9.17, 15) is 19.4 Å². The maximum absolute atomic E-state index is 13.9. The van der Waals surface area contributed by atoms with Crippen LogP contribution in [0.5, 0.6) is 0 Å². The van der Waals surface area contributed by atoms with Crippen molar-refractivity contribution in [3.63, 3.8) is 0 Å². The predicted octanol–water partition coefficient (Wildman–Crippen LogP) is 3.84. The molecule has 3 aromatic rings. The van der Waals surface area contributed by atoms with E-state index in [0.717, 1.165) is 47.7 Å². The summed E-state index contributed by atoms with van der Waals surface area (Å²) < 4.78 is 13.9. The van der Waals surface area contributed by atoms with Crippen LogP contribution in [0.15, 0.2) is 42.5 Å². The van der Waals surface area contributed by atoms with E-state index in [0.29, 0.717) is 24.6 Å². The van der Waals surface area contributed by atoms with Gasteiger partial charge in [-0.25, -0.2) is 9.37 Å². The van der Waals surface area contributed by atoms with E-state index in [1.165, 1.54) is 12.1 Å². The van der Waals surface area contributed by atoms with Crippen LogP contribution in [0.3, 0.4) is 0 Å². The Balaban J connectivity index is 1.34. The highest BCUT2D eigenvalue weighted by Crippen LogP contribution is 2.32. The summed E-state index contributed by atoms with van der Waals surface area (Å²) in [6.07, 6.45) is 4.27. The summed E-state index contributed by atoms with van der Waals surface area (Å²) in [5.74, 6) is 0.826. The normalized spacial score (nSPS) is 24.2. The van der Waals surface area contributed by atoms with Gasteiger partial charge < -0.3 is 26.2 Å². The van der Waals surface area contributed by atoms with E-state index in [4.69, 9.17) is 4.98 Å². The summed E-state index contributed by atoms with van der Waals surface area (Å²) in [5.41, 5.74) is 2.39. The van der Waals surface area contributed by atoms with Crippen LogP contribution in [0, 0.1) is 11.7 Å². The van der Waals surface area contributed by atoms with Crippen molar-refractivity contribution in [2.75, 3.05) is 17.2 Å². The number of benzene rings is 2. The van der Waals surface area contributed by atoms with E-state index in [-0.39, 0.29) is 48.5 Å². The Bertz CT molecular complexity index is 1260. The third-order valence-corrected chi connectivity index (χ3v) is 7.40. The molecule has 2 aromatic carbocycles. The SMILES string of the molecule is C[C@H](CO)Nc1nc(NC2CCC(NC(=O)C3CC(O)C3)CC2)c2cc(-c3cccc(F)c3)ccc2n1. The zero-order valence-corrected chi connectivity index (χ0v) is 21.0. The Morgan fingerprint density at radius 1 is 1.05 bits per heavy atom. The molecule has 196 valence electrons. The van der Waals surface area contributed by atoms with Crippen LogP contribution in [-0.2, 0) is 4.79 Å². The largest absolute Gasteiger partial charge is 0.394 e. The van der Waals surface area contributed by atoms with E-state index < -0.39 is 0 Å². The zero-order valence-electron chi connectivity index (χ0n) is 21.0. The lowest BCUT2D eigenvalue weighted by atomic mass is 9.81. The number of aliphatic hydroxyl groups is 2. The summed E-state index contributed by atoms with van der Waals surface area (Å²) in [7, 11) is 0. The second-order valence-corrected chi connectivity index (χ2v) is 10.4. The number of amides is 1.